The highest BCUT2D eigenvalue weighted by Crippen LogP contribution is 2.46. The molecule has 1 atom stereocenters. The first kappa shape index (κ1) is 22.4. The van der Waals surface area contributed by atoms with E-state index in [1.165, 1.54) is 12.1 Å². The molecule has 34 heavy (non-hydrogen) atoms. The summed E-state index contributed by atoms with van der Waals surface area (Å²) >= 11 is 6.12. The molecule has 1 amide bonds. The maximum atomic E-state index is 13.3. The molecule has 0 saturated heterocycles. The third kappa shape index (κ3) is 4.14. The highest BCUT2D eigenvalue weighted by atomic mass is 35.5. The van der Waals surface area contributed by atoms with Crippen molar-refractivity contribution in [2.24, 2.45) is 5.41 Å². The van der Waals surface area contributed by atoms with Crippen molar-refractivity contribution in [3.05, 3.63) is 89.3 Å². The van der Waals surface area contributed by atoms with Crippen molar-refractivity contribution in [1.82, 2.24) is 15.1 Å². The minimum atomic E-state index is -1.05. The van der Waals surface area contributed by atoms with Crippen LogP contribution in [-0.4, -0.2) is 15.7 Å². The molecule has 7 heteroatoms. The third-order valence-corrected chi connectivity index (χ3v) is 6.83. The molecule has 0 spiro atoms. The minimum Gasteiger partial charge on any atom is -0.464 e. The van der Waals surface area contributed by atoms with Crippen LogP contribution >= 0.6 is 11.6 Å². The van der Waals surface area contributed by atoms with Crippen molar-refractivity contribution in [1.29, 1.82) is 0 Å². The summed E-state index contributed by atoms with van der Waals surface area (Å²) in [5.41, 5.74) is 1.05. The number of rotatable bonds is 7. The van der Waals surface area contributed by atoms with Crippen LogP contribution in [0.2, 0.25) is 5.02 Å². The lowest BCUT2D eigenvalue weighted by molar-refractivity contribution is -0.133. The number of fused-ring (bicyclic) bond motifs is 1. The number of halogens is 2. The summed E-state index contributed by atoms with van der Waals surface area (Å²) in [6.45, 7) is 3.95. The molecular formula is C27H25ClFN3O2. The number of hydrogen-bond donors (Lipinski definition) is 1. The maximum Gasteiger partial charge on any atom is 0.229 e. The van der Waals surface area contributed by atoms with E-state index >= 15 is 0 Å². The lowest BCUT2D eigenvalue weighted by Crippen LogP contribution is -2.52. The second kappa shape index (κ2) is 8.44. The lowest BCUT2D eigenvalue weighted by Gasteiger charge is -2.36. The number of benzene rings is 3. The van der Waals surface area contributed by atoms with E-state index in [1.807, 2.05) is 44.2 Å². The smallest absolute Gasteiger partial charge is 0.229 e. The fourth-order valence-corrected chi connectivity index (χ4v) is 4.18. The second-order valence-electron chi connectivity index (χ2n) is 9.06. The van der Waals surface area contributed by atoms with Gasteiger partial charge in [-0.1, -0.05) is 37.6 Å². The fourth-order valence-electron chi connectivity index (χ4n) is 4.05. The summed E-state index contributed by atoms with van der Waals surface area (Å²) < 4.78 is 21.6. The molecule has 1 aliphatic carbocycles. The Labute approximate surface area is 202 Å². The first-order valence-electron chi connectivity index (χ1n) is 11.3. The highest BCUT2D eigenvalue weighted by molar-refractivity contribution is 6.30. The quantitative estimate of drug-likeness (QED) is 0.314. The fraction of sp³-hybridized carbons (Fsp3) is 0.259. The van der Waals surface area contributed by atoms with Crippen LogP contribution in [-0.2, 0) is 10.5 Å². The summed E-state index contributed by atoms with van der Waals surface area (Å²) in [6.07, 6.45) is 4.00. The maximum absolute atomic E-state index is 13.3. The van der Waals surface area contributed by atoms with E-state index in [2.05, 4.69) is 10.4 Å². The summed E-state index contributed by atoms with van der Waals surface area (Å²) in [6, 6.07) is 19.2. The van der Waals surface area contributed by atoms with Gasteiger partial charge < -0.3 is 10.1 Å². The Balaban J connectivity index is 1.51. The molecule has 1 unspecified atom stereocenters. The zero-order valence-electron chi connectivity index (χ0n) is 19.0. The number of hydrogen-bond acceptors (Lipinski definition) is 3. The van der Waals surface area contributed by atoms with Crippen molar-refractivity contribution in [3.63, 3.8) is 0 Å². The van der Waals surface area contributed by atoms with Gasteiger partial charge in [0.05, 0.1) is 17.4 Å². The van der Waals surface area contributed by atoms with Crippen LogP contribution < -0.4 is 10.1 Å². The molecule has 1 heterocycles. The number of nitrogens with one attached hydrogen (secondary N) is 1. The lowest BCUT2D eigenvalue weighted by atomic mass is 9.97. The first-order valence-corrected chi connectivity index (χ1v) is 11.7. The summed E-state index contributed by atoms with van der Waals surface area (Å²) in [7, 11) is 0. The molecule has 0 aliphatic heterocycles. The van der Waals surface area contributed by atoms with Gasteiger partial charge in [-0.05, 0) is 67.4 Å². The number of ether oxygens (including phenoxy) is 1. The van der Waals surface area contributed by atoms with Gasteiger partial charge in [0, 0.05) is 27.8 Å². The topological polar surface area (TPSA) is 56.1 Å². The molecule has 4 aromatic rings. The molecule has 5 rings (SSSR count). The monoisotopic (exact) mass is 477 g/mol. The zero-order valence-corrected chi connectivity index (χ0v) is 19.8. The van der Waals surface area contributed by atoms with Gasteiger partial charge in [-0.2, -0.15) is 5.10 Å². The molecule has 1 N–H and O–H groups in total. The standard InChI is InChI=1S/C27H25ClFN3O2/c1-3-27(19-4-6-20(28)7-5-19,31-25(33)26(2)14-15-26)34-23-12-13-24-18(16-23)17-30-32(24)22-10-8-21(29)9-11-22/h4-13,16-17H,3,14-15H2,1-2H3,(H,31,33). The van der Waals surface area contributed by atoms with Crippen LogP contribution in [0.5, 0.6) is 5.75 Å². The van der Waals surface area contributed by atoms with Crippen molar-refractivity contribution in [3.8, 4) is 11.4 Å². The Morgan fingerprint density at radius 2 is 1.85 bits per heavy atom. The van der Waals surface area contributed by atoms with Gasteiger partial charge in [0.1, 0.15) is 11.6 Å². The number of nitrogens with zero attached hydrogens (tertiary/aromatic N) is 2. The van der Waals surface area contributed by atoms with E-state index in [-0.39, 0.29) is 17.1 Å². The van der Waals surface area contributed by atoms with E-state index in [0.29, 0.717) is 17.2 Å². The normalized spacial score (nSPS) is 16.1. The predicted octanol–water partition coefficient (Wildman–Crippen LogP) is 6.38. The van der Waals surface area contributed by atoms with Crippen LogP contribution in [0.1, 0.15) is 38.7 Å². The zero-order chi connectivity index (χ0) is 23.9. The Morgan fingerprint density at radius 3 is 2.50 bits per heavy atom. The Bertz CT molecular complexity index is 1350. The van der Waals surface area contributed by atoms with Gasteiger partial charge >= 0.3 is 0 Å². The van der Waals surface area contributed by atoms with E-state index in [4.69, 9.17) is 16.3 Å². The van der Waals surface area contributed by atoms with Crippen LogP contribution in [0.3, 0.4) is 0 Å². The van der Waals surface area contributed by atoms with Gasteiger partial charge in [-0.25, -0.2) is 9.07 Å². The predicted molar refractivity (Wildman–Crippen MR) is 131 cm³/mol. The van der Waals surface area contributed by atoms with Gasteiger partial charge in [0.25, 0.3) is 0 Å². The van der Waals surface area contributed by atoms with E-state index < -0.39 is 5.72 Å². The number of carbonyl (C=O) groups excluding carboxylic acids is 1. The second-order valence-corrected chi connectivity index (χ2v) is 9.49. The first-order chi connectivity index (χ1) is 16.3. The minimum absolute atomic E-state index is 0.0190. The van der Waals surface area contributed by atoms with Gasteiger partial charge in [0.15, 0.2) is 0 Å². The molecule has 174 valence electrons. The third-order valence-electron chi connectivity index (χ3n) is 6.57. The average molecular weight is 478 g/mol. The van der Waals surface area contributed by atoms with Crippen LogP contribution in [0.4, 0.5) is 4.39 Å². The summed E-state index contributed by atoms with van der Waals surface area (Å²) in [5.74, 6) is 0.287. The largest absolute Gasteiger partial charge is 0.464 e. The van der Waals surface area contributed by atoms with Crippen LogP contribution in [0.15, 0.2) is 72.9 Å². The average Bonchev–Trinajstić information content (AvgIpc) is 3.46. The number of amides is 1. The van der Waals surface area contributed by atoms with Crippen LogP contribution in [0.25, 0.3) is 16.6 Å². The Morgan fingerprint density at radius 1 is 1.15 bits per heavy atom. The Hall–Kier alpha value is -3.38. The number of aromatic nitrogens is 2. The molecule has 0 bridgehead atoms. The number of carbonyl (C=O) groups is 1. The van der Waals surface area contributed by atoms with Crippen molar-refractivity contribution in [2.45, 2.75) is 38.8 Å². The van der Waals surface area contributed by atoms with Crippen LogP contribution in [0, 0.1) is 11.2 Å². The van der Waals surface area contributed by atoms with Gasteiger partial charge in [-0.3, -0.25) is 4.79 Å². The van der Waals surface area contributed by atoms with Crippen molar-refractivity contribution in [2.75, 3.05) is 0 Å². The van der Waals surface area contributed by atoms with Gasteiger partial charge in [-0.15, -0.1) is 0 Å². The highest BCUT2D eigenvalue weighted by Gasteiger charge is 2.48. The molecule has 1 saturated carbocycles. The molecule has 3 aromatic carbocycles. The molecular weight excluding hydrogens is 453 g/mol. The SMILES string of the molecule is CCC(NC(=O)C1(C)CC1)(Oc1ccc2c(cnn2-c2ccc(F)cc2)c1)c1ccc(Cl)cc1. The molecule has 5 nitrogen and oxygen atoms in total. The summed E-state index contributed by atoms with van der Waals surface area (Å²) in [4.78, 5) is 13.1. The molecule has 0 radical (unpaired) electrons. The molecule has 1 aliphatic rings. The summed E-state index contributed by atoms with van der Waals surface area (Å²) in [5, 5.41) is 9.13. The molecule has 1 aromatic heterocycles. The molecule has 1 fully saturated rings. The van der Waals surface area contributed by atoms with Gasteiger partial charge in [0.2, 0.25) is 11.6 Å². The van der Waals surface area contributed by atoms with Crippen molar-refractivity contribution < 1.29 is 13.9 Å². The van der Waals surface area contributed by atoms with E-state index in [1.54, 1.807) is 35.1 Å². The van der Waals surface area contributed by atoms with E-state index in [0.717, 1.165) is 35.0 Å². The van der Waals surface area contributed by atoms with E-state index in [9.17, 15) is 9.18 Å². The Kier molecular flexibility index (Phi) is 5.56. The van der Waals surface area contributed by atoms with Crippen molar-refractivity contribution >= 4 is 28.4 Å².